The Morgan fingerprint density at radius 3 is 2.73 bits per heavy atom. The van der Waals surface area contributed by atoms with E-state index >= 15 is 0 Å². The predicted molar refractivity (Wildman–Crippen MR) is 57.9 cm³/mol. The van der Waals surface area contributed by atoms with Crippen molar-refractivity contribution >= 4 is 0 Å². The lowest BCUT2D eigenvalue weighted by molar-refractivity contribution is 0.0849. The number of ether oxygens (including phenoxy) is 1. The van der Waals surface area contributed by atoms with Crippen LogP contribution in [0.5, 0.6) is 0 Å². The normalized spacial score (nSPS) is 17.9. The summed E-state index contributed by atoms with van der Waals surface area (Å²) in [5, 5.41) is 8.77. The van der Waals surface area contributed by atoms with Crippen LogP contribution in [-0.4, -0.2) is 18.4 Å². The second-order valence-electron chi connectivity index (χ2n) is 3.92. The lowest BCUT2D eigenvalue weighted by Gasteiger charge is -2.24. The Labute approximate surface area is 90.0 Å². The van der Waals surface area contributed by atoms with Gasteiger partial charge < -0.3 is 9.94 Å². The molecule has 0 spiro atoms. The molecule has 3 heteroatoms. The van der Waals surface area contributed by atoms with Gasteiger partial charge in [-0.1, -0.05) is 24.3 Å². The van der Waals surface area contributed by atoms with Crippen LogP contribution in [0, 0.1) is 0 Å². The summed E-state index contributed by atoms with van der Waals surface area (Å²) < 4.78 is 5.36. The molecule has 1 saturated heterocycles. The topological polar surface area (TPSA) is 41.5 Å². The van der Waals surface area contributed by atoms with Gasteiger partial charge in [0.15, 0.2) is 0 Å². The van der Waals surface area contributed by atoms with E-state index in [2.05, 4.69) is 23.7 Å². The highest BCUT2D eigenvalue weighted by molar-refractivity contribution is 5.30. The van der Waals surface area contributed by atoms with Crippen molar-refractivity contribution in [3.05, 3.63) is 35.4 Å². The van der Waals surface area contributed by atoms with Crippen LogP contribution in [0.15, 0.2) is 24.3 Å². The maximum Gasteiger partial charge on any atom is 0.0471 e. The first kappa shape index (κ1) is 10.6. The Morgan fingerprint density at radius 2 is 2.00 bits per heavy atom. The SMILES string of the molecule is ONCc1ccccc1C1CCOCC1. The van der Waals surface area contributed by atoms with E-state index in [0.29, 0.717) is 12.5 Å². The van der Waals surface area contributed by atoms with E-state index in [-0.39, 0.29) is 0 Å². The predicted octanol–water partition coefficient (Wildman–Crippen LogP) is 2.06. The van der Waals surface area contributed by atoms with Crippen molar-refractivity contribution in [3.8, 4) is 0 Å². The lowest BCUT2D eigenvalue weighted by atomic mass is 9.88. The van der Waals surface area contributed by atoms with Gasteiger partial charge in [-0.25, -0.2) is 5.48 Å². The smallest absolute Gasteiger partial charge is 0.0471 e. The zero-order valence-electron chi connectivity index (χ0n) is 8.78. The highest BCUT2D eigenvalue weighted by atomic mass is 16.5. The van der Waals surface area contributed by atoms with E-state index in [4.69, 9.17) is 9.94 Å². The Morgan fingerprint density at radius 1 is 1.27 bits per heavy atom. The summed E-state index contributed by atoms with van der Waals surface area (Å²) in [4.78, 5) is 0. The van der Waals surface area contributed by atoms with Crippen LogP contribution in [0.1, 0.15) is 29.9 Å². The van der Waals surface area contributed by atoms with Crippen molar-refractivity contribution in [2.75, 3.05) is 13.2 Å². The van der Waals surface area contributed by atoms with Crippen molar-refractivity contribution in [1.29, 1.82) is 0 Å². The van der Waals surface area contributed by atoms with Gasteiger partial charge in [0.25, 0.3) is 0 Å². The highest BCUT2D eigenvalue weighted by Gasteiger charge is 2.17. The Bertz CT molecular complexity index is 308. The molecule has 3 nitrogen and oxygen atoms in total. The van der Waals surface area contributed by atoms with E-state index < -0.39 is 0 Å². The number of rotatable bonds is 3. The molecule has 82 valence electrons. The number of nitrogens with one attached hydrogen (secondary N) is 1. The summed E-state index contributed by atoms with van der Waals surface area (Å²) >= 11 is 0. The summed E-state index contributed by atoms with van der Waals surface area (Å²) in [5.74, 6) is 0.586. The highest BCUT2D eigenvalue weighted by Crippen LogP contribution is 2.29. The lowest BCUT2D eigenvalue weighted by Crippen LogP contribution is -2.17. The summed E-state index contributed by atoms with van der Waals surface area (Å²) in [6.45, 7) is 2.23. The molecule has 0 aromatic heterocycles. The van der Waals surface area contributed by atoms with Gasteiger partial charge in [-0.3, -0.25) is 0 Å². The first-order chi connectivity index (χ1) is 7.42. The molecule has 0 bridgehead atoms. The van der Waals surface area contributed by atoms with Crippen LogP contribution in [0.3, 0.4) is 0 Å². The molecule has 0 radical (unpaired) electrons. The fourth-order valence-corrected chi connectivity index (χ4v) is 2.19. The number of benzene rings is 1. The van der Waals surface area contributed by atoms with Gasteiger partial charge in [-0.05, 0) is 29.9 Å². The molecule has 2 rings (SSSR count). The molecular weight excluding hydrogens is 190 g/mol. The Hall–Kier alpha value is -0.900. The summed E-state index contributed by atoms with van der Waals surface area (Å²) in [5.41, 5.74) is 4.77. The zero-order valence-corrected chi connectivity index (χ0v) is 8.78. The molecular formula is C12H17NO2. The van der Waals surface area contributed by atoms with E-state index in [1.165, 1.54) is 11.1 Å². The van der Waals surface area contributed by atoms with E-state index in [1.807, 2.05) is 6.07 Å². The van der Waals surface area contributed by atoms with Crippen LogP contribution < -0.4 is 5.48 Å². The Kier molecular flexibility index (Phi) is 3.72. The van der Waals surface area contributed by atoms with E-state index in [1.54, 1.807) is 0 Å². The fraction of sp³-hybridized carbons (Fsp3) is 0.500. The maximum absolute atomic E-state index is 8.77. The van der Waals surface area contributed by atoms with Gasteiger partial charge in [-0.15, -0.1) is 0 Å². The average Bonchev–Trinajstić information content (AvgIpc) is 2.31. The molecule has 1 aliphatic heterocycles. The van der Waals surface area contributed by atoms with E-state index in [9.17, 15) is 0 Å². The second kappa shape index (κ2) is 5.26. The third-order valence-electron chi connectivity index (χ3n) is 2.99. The van der Waals surface area contributed by atoms with E-state index in [0.717, 1.165) is 26.1 Å². The van der Waals surface area contributed by atoms with Crippen LogP contribution in [-0.2, 0) is 11.3 Å². The van der Waals surface area contributed by atoms with Gasteiger partial charge in [0.05, 0.1) is 0 Å². The van der Waals surface area contributed by atoms with Gasteiger partial charge >= 0.3 is 0 Å². The fourth-order valence-electron chi connectivity index (χ4n) is 2.19. The quantitative estimate of drug-likeness (QED) is 0.745. The molecule has 15 heavy (non-hydrogen) atoms. The minimum Gasteiger partial charge on any atom is -0.381 e. The molecule has 1 heterocycles. The van der Waals surface area contributed by atoms with Crippen LogP contribution in [0.25, 0.3) is 0 Å². The van der Waals surface area contributed by atoms with Crippen LogP contribution in [0.4, 0.5) is 0 Å². The molecule has 0 unspecified atom stereocenters. The summed E-state index contributed by atoms with van der Waals surface area (Å²) in [7, 11) is 0. The first-order valence-electron chi connectivity index (χ1n) is 5.44. The number of hydroxylamine groups is 1. The van der Waals surface area contributed by atoms with Crippen LogP contribution in [0.2, 0.25) is 0 Å². The third-order valence-corrected chi connectivity index (χ3v) is 2.99. The zero-order chi connectivity index (χ0) is 10.5. The minimum absolute atomic E-state index is 0.521. The van der Waals surface area contributed by atoms with Crippen molar-refractivity contribution < 1.29 is 9.94 Å². The molecule has 0 amide bonds. The van der Waals surface area contributed by atoms with Crippen molar-refractivity contribution in [3.63, 3.8) is 0 Å². The summed E-state index contributed by atoms with van der Waals surface area (Å²) in [6.07, 6.45) is 2.17. The Balaban J connectivity index is 2.17. The van der Waals surface area contributed by atoms with Gasteiger partial charge in [0, 0.05) is 19.8 Å². The molecule has 0 aliphatic carbocycles. The van der Waals surface area contributed by atoms with Crippen molar-refractivity contribution in [1.82, 2.24) is 5.48 Å². The van der Waals surface area contributed by atoms with Crippen LogP contribution >= 0.6 is 0 Å². The molecule has 2 N–H and O–H groups in total. The second-order valence-corrected chi connectivity index (χ2v) is 3.92. The molecule has 1 fully saturated rings. The molecule has 0 saturated carbocycles. The van der Waals surface area contributed by atoms with Gasteiger partial charge in [0.2, 0.25) is 0 Å². The van der Waals surface area contributed by atoms with Crippen molar-refractivity contribution in [2.45, 2.75) is 25.3 Å². The molecule has 1 aromatic rings. The van der Waals surface area contributed by atoms with Crippen molar-refractivity contribution in [2.24, 2.45) is 0 Å². The summed E-state index contributed by atoms with van der Waals surface area (Å²) in [6, 6.07) is 8.29. The number of hydrogen-bond donors (Lipinski definition) is 2. The molecule has 1 aliphatic rings. The third kappa shape index (κ3) is 2.56. The largest absolute Gasteiger partial charge is 0.381 e. The molecule has 1 aromatic carbocycles. The van der Waals surface area contributed by atoms with Gasteiger partial charge in [0.1, 0.15) is 0 Å². The average molecular weight is 207 g/mol. The number of hydrogen-bond acceptors (Lipinski definition) is 3. The monoisotopic (exact) mass is 207 g/mol. The standard InChI is InChI=1S/C12H17NO2/c14-13-9-11-3-1-2-4-12(11)10-5-7-15-8-6-10/h1-4,10,13-14H,5-9H2. The molecule has 0 atom stereocenters. The van der Waals surface area contributed by atoms with Gasteiger partial charge in [-0.2, -0.15) is 0 Å². The maximum atomic E-state index is 8.77. The first-order valence-corrected chi connectivity index (χ1v) is 5.44. The minimum atomic E-state index is 0.521.